The van der Waals surface area contributed by atoms with Crippen molar-refractivity contribution in [2.45, 2.75) is 50.1 Å². The summed E-state index contributed by atoms with van der Waals surface area (Å²) in [4.78, 5) is 31.3. The highest BCUT2D eigenvalue weighted by Crippen LogP contribution is 2.25. The maximum absolute atomic E-state index is 12.9. The van der Waals surface area contributed by atoms with E-state index in [4.69, 9.17) is 0 Å². The number of nitrogens with one attached hydrogen (secondary N) is 3. The van der Waals surface area contributed by atoms with E-state index in [0.717, 1.165) is 5.56 Å². The van der Waals surface area contributed by atoms with E-state index in [1.54, 1.807) is 12.4 Å². The molecule has 2 fully saturated rings. The Labute approximate surface area is 168 Å². The highest BCUT2D eigenvalue weighted by Gasteiger charge is 2.42. The summed E-state index contributed by atoms with van der Waals surface area (Å²) < 4.78 is 0. The van der Waals surface area contributed by atoms with Gasteiger partial charge < -0.3 is 10.2 Å². The van der Waals surface area contributed by atoms with Gasteiger partial charge in [-0.1, -0.05) is 35.8 Å². The maximum atomic E-state index is 12.9. The lowest BCUT2D eigenvalue weighted by atomic mass is 9.94. The molecule has 0 radical (unpaired) electrons. The molecule has 3 heterocycles. The molecule has 2 aliphatic heterocycles. The van der Waals surface area contributed by atoms with Gasteiger partial charge in [-0.2, -0.15) is 0 Å². The molecular formula is C19H28BrN5O2. The number of hydrogen-bond acceptors (Lipinski definition) is 5. The second-order valence-corrected chi connectivity index (χ2v) is 8.72. The first-order valence-corrected chi connectivity index (χ1v) is 10.5. The van der Waals surface area contributed by atoms with Crippen molar-refractivity contribution in [2.24, 2.45) is 11.8 Å². The second-order valence-electron chi connectivity index (χ2n) is 7.66. The van der Waals surface area contributed by atoms with Crippen molar-refractivity contribution in [1.82, 2.24) is 26.1 Å². The van der Waals surface area contributed by atoms with E-state index in [1.807, 2.05) is 17.0 Å². The molecule has 2 amide bonds. The first kappa shape index (κ1) is 20.2. The Kier molecular flexibility index (Phi) is 6.83. The number of alkyl halides is 1. The van der Waals surface area contributed by atoms with Crippen molar-refractivity contribution >= 4 is 27.7 Å². The van der Waals surface area contributed by atoms with Crippen LogP contribution in [-0.2, 0) is 16.1 Å². The fourth-order valence-electron chi connectivity index (χ4n) is 3.68. The van der Waals surface area contributed by atoms with Crippen molar-refractivity contribution in [3.05, 3.63) is 30.1 Å². The SMILES string of the molecule is CC(C)C1NNC(C(=O)N2CCC(C(=O)NCc3cccnc3)CC2)C1Br. The van der Waals surface area contributed by atoms with Crippen LogP contribution in [0.3, 0.4) is 0 Å². The topological polar surface area (TPSA) is 86.4 Å². The van der Waals surface area contributed by atoms with Gasteiger partial charge in [0.2, 0.25) is 11.8 Å². The van der Waals surface area contributed by atoms with Gasteiger partial charge in [0.25, 0.3) is 0 Å². The monoisotopic (exact) mass is 437 g/mol. The third-order valence-electron chi connectivity index (χ3n) is 5.42. The van der Waals surface area contributed by atoms with Crippen LogP contribution >= 0.6 is 15.9 Å². The van der Waals surface area contributed by atoms with Crippen LogP contribution in [0.15, 0.2) is 24.5 Å². The summed E-state index contributed by atoms with van der Waals surface area (Å²) in [6, 6.07) is 3.75. The molecule has 8 heteroatoms. The van der Waals surface area contributed by atoms with Crippen LogP contribution < -0.4 is 16.2 Å². The molecule has 0 aliphatic carbocycles. The summed E-state index contributed by atoms with van der Waals surface area (Å²) in [5.74, 6) is 0.545. The van der Waals surface area contributed by atoms with Crippen molar-refractivity contribution in [1.29, 1.82) is 0 Å². The van der Waals surface area contributed by atoms with Gasteiger partial charge in [0.05, 0.1) is 4.83 Å². The zero-order chi connectivity index (χ0) is 19.4. The predicted molar refractivity (Wildman–Crippen MR) is 107 cm³/mol. The number of carbonyl (C=O) groups is 2. The van der Waals surface area contributed by atoms with Crippen LogP contribution in [0.1, 0.15) is 32.3 Å². The second kappa shape index (κ2) is 9.12. The Bertz CT molecular complexity index is 649. The van der Waals surface area contributed by atoms with Gasteiger partial charge in [-0.05, 0) is 30.4 Å². The summed E-state index contributed by atoms with van der Waals surface area (Å²) >= 11 is 3.68. The van der Waals surface area contributed by atoms with Gasteiger partial charge in [0.1, 0.15) is 6.04 Å². The molecule has 3 rings (SSSR count). The van der Waals surface area contributed by atoms with Gasteiger partial charge in [-0.15, -0.1) is 0 Å². The van der Waals surface area contributed by atoms with Crippen LogP contribution in [-0.4, -0.2) is 51.7 Å². The van der Waals surface area contributed by atoms with E-state index in [0.29, 0.717) is 38.4 Å². The zero-order valence-corrected chi connectivity index (χ0v) is 17.4. The molecule has 2 aliphatic rings. The standard InChI is InChI=1S/C19H28BrN5O2/c1-12(2)16-15(20)17(24-23-16)19(27)25-8-5-14(6-9-25)18(26)22-11-13-4-3-7-21-10-13/h3-4,7,10,12,14-17,23-24H,5-6,8-9,11H2,1-2H3,(H,22,26). The minimum atomic E-state index is -0.270. The van der Waals surface area contributed by atoms with Gasteiger partial charge in [-0.25, -0.2) is 5.43 Å². The van der Waals surface area contributed by atoms with Crippen LogP contribution in [0.25, 0.3) is 0 Å². The first-order valence-electron chi connectivity index (χ1n) is 9.58. The van der Waals surface area contributed by atoms with Crippen LogP contribution in [0.2, 0.25) is 0 Å². The minimum absolute atomic E-state index is 0.0384. The van der Waals surface area contributed by atoms with Crippen LogP contribution in [0.4, 0.5) is 0 Å². The number of aromatic nitrogens is 1. The Morgan fingerprint density at radius 3 is 2.67 bits per heavy atom. The van der Waals surface area contributed by atoms with Gasteiger partial charge in [-0.3, -0.25) is 20.0 Å². The number of pyridine rings is 1. The number of hydrazine groups is 1. The third kappa shape index (κ3) is 4.86. The summed E-state index contributed by atoms with van der Waals surface area (Å²) in [6.45, 7) is 6.00. The van der Waals surface area contributed by atoms with E-state index in [9.17, 15) is 9.59 Å². The summed E-state index contributed by atoms with van der Waals surface area (Å²) in [7, 11) is 0. The quantitative estimate of drug-likeness (QED) is 0.602. The number of piperidine rings is 1. The molecule has 27 heavy (non-hydrogen) atoms. The largest absolute Gasteiger partial charge is 0.352 e. The number of carbonyl (C=O) groups excluding carboxylic acids is 2. The molecule has 148 valence electrons. The fraction of sp³-hybridized carbons (Fsp3) is 0.632. The van der Waals surface area contributed by atoms with Crippen LogP contribution in [0, 0.1) is 11.8 Å². The number of amides is 2. The lowest BCUT2D eigenvalue weighted by Gasteiger charge is -2.33. The Morgan fingerprint density at radius 2 is 2.07 bits per heavy atom. The molecule has 7 nitrogen and oxygen atoms in total. The zero-order valence-electron chi connectivity index (χ0n) is 15.8. The summed E-state index contributed by atoms with van der Waals surface area (Å²) in [6.07, 6.45) is 4.87. The number of nitrogens with zero attached hydrogens (tertiary/aromatic N) is 2. The third-order valence-corrected chi connectivity index (χ3v) is 6.52. The summed E-state index contributed by atoms with van der Waals surface area (Å²) in [5.41, 5.74) is 7.34. The minimum Gasteiger partial charge on any atom is -0.352 e. The smallest absolute Gasteiger partial charge is 0.242 e. The van der Waals surface area contributed by atoms with Crippen molar-refractivity contribution in [3.63, 3.8) is 0 Å². The molecule has 3 unspecified atom stereocenters. The molecule has 0 spiro atoms. The predicted octanol–water partition coefficient (Wildman–Crippen LogP) is 1.20. The first-order chi connectivity index (χ1) is 13.0. The molecule has 0 saturated carbocycles. The average molecular weight is 438 g/mol. The normalized spacial score (nSPS) is 26.4. The molecule has 0 aromatic carbocycles. The fourth-order valence-corrected chi connectivity index (χ4v) is 4.78. The molecule has 1 aromatic rings. The van der Waals surface area contributed by atoms with E-state index >= 15 is 0 Å². The molecule has 3 atom stereocenters. The highest BCUT2D eigenvalue weighted by atomic mass is 79.9. The molecule has 1 aromatic heterocycles. The highest BCUT2D eigenvalue weighted by molar-refractivity contribution is 9.09. The van der Waals surface area contributed by atoms with E-state index in [1.165, 1.54) is 0 Å². The summed E-state index contributed by atoms with van der Waals surface area (Å²) in [5, 5.41) is 2.98. The number of likely N-dealkylation sites (tertiary alicyclic amines) is 1. The van der Waals surface area contributed by atoms with Gasteiger partial charge in [0, 0.05) is 44.0 Å². The lowest BCUT2D eigenvalue weighted by Crippen LogP contribution is -2.51. The maximum Gasteiger partial charge on any atom is 0.242 e. The number of rotatable bonds is 5. The Morgan fingerprint density at radius 1 is 1.33 bits per heavy atom. The molecule has 3 N–H and O–H groups in total. The van der Waals surface area contributed by atoms with Crippen molar-refractivity contribution < 1.29 is 9.59 Å². The average Bonchev–Trinajstić information content (AvgIpc) is 3.08. The lowest BCUT2D eigenvalue weighted by molar-refractivity contribution is -0.137. The van der Waals surface area contributed by atoms with E-state index in [2.05, 4.69) is 50.9 Å². The van der Waals surface area contributed by atoms with Crippen molar-refractivity contribution in [2.75, 3.05) is 13.1 Å². The van der Waals surface area contributed by atoms with Gasteiger partial charge in [0.15, 0.2) is 0 Å². The van der Waals surface area contributed by atoms with E-state index in [-0.39, 0.29) is 34.6 Å². The Balaban J connectivity index is 1.46. The van der Waals surface area contributed by atoms with Crippen LogP contribution in [0.5, 0.6) is 0 Å². The number of hydrogen-bond donors (Lipinski definition) is 3. The molecular weight excluding hydrogens is 410 g/mol. The number of halogens is 1. The van der Waals surface area contributed by atoms with Gasteiger partial charge >= 0.3 is 0 Å². The van der Waals surface area contributed by atoms with Crippen molar-refractivity contribution in [3.8, 4) is 0 Å². The molecule has 2 saturated heterocycles. The molecule has 0 bridgehead atoms. The van der Waals surface area contributed by atoms with E-state index < -0.39 is 0 Å². The Hall–Kier alpha value is -1.51.